The predicted molar refractivity (Wildman–Crippen MR) is 81.5 cm³/mol. The van der Waals surface area contributed by atoms with Crippen molar-refractivity contribution in [3.8, 4) is 0 Å². The van der Waals surface area contributed by atoms with Gasteiger partial charge in [0, 0.05) is 31.6 Å². The first kappa shape index (κ1) is 15.6. The number of likely N-dealkylation sites (N-methyl/N-ethyl adjacent to an activating group) is 1. The van der Waals surface area contributed by atoms with E-state index >= 15 is 0 Å². The fraction of sp³-hybridized carbons (Fsp3) is 0.154. The van der Waals surface area contributed by atoms with Gasteiger partial charge < -0.3 is 4.90 Å². The van der Waals surface area contributed by atoms with Crippen LogP contribution in [0.2, 0.25) is 0 Å². The van der Waals surface area contributed by atoms with Gasteiger partial charge >= 0.3 is 0 Å². The molecule has 4 nitrogen and oxygen atoms in total. The number of allylic oxidation sites excluding steroid dienone is 2. The van der Waals surface area contributed by atoms with Gasteiger partial charge in [0.2, 0.25) is 0 Å². The molecule has 3 heterocycles. The number of pyridine rings is 1. The maximum absolute atomic E-state index is 6.00. The van der Waals surface area contributed by atoms with Crippen LogP contribution in [0.25, 0.3) is 5.57 Å². The van der Waals surface area contributed by atoms with Gasteiger partial charge in [0.15, 0.2) is 0 Å². The molecule has 0 amide bonds. The lowest BCUT2D eigenvalue weighted by Gasteiger charge is -2.23. The summed E-state index contributed by atoms with van der Waals surface area (Å²) in [6.07, 6.45) is 7.70. The summed E-state index contributed by atoms with van der Waals surface area (Å²) < 4.78 is 0. The summed E-state index contributed by atoms with van der Waals surface area (Å²) in [7, 11) is 2.06. The van der Waals surface area contributed by atoms with Crippen molar-refractivity contribution in [2.24, 2.45) is 5.84 Å². The molecule has 0 saturated heterocycles. The minimum atomic E-state index is 0. The molecule has 2 aliphatic heterocycles. The summed E-state index contributed by atoms with van der Waals surface area (Å²) in [5, 5.41) is 1.67. The van der Waals surface area contributed by atoms with Crippen LogP contribution >= 0.6 is 24.8 Å². The summed E-state index contributed by atoms with van der Waals surface area (Å²) in [6, 6.07) is 5.94. The van der Waals surface area contributed by atoms with Gasteiger partial charge in [-0.1, -0.05) is 6.07 Å². The van der Waals surface area contributed by atoms with E-state index in [2.05, 4.69) is 23.0 Å². The quantitative estimate of drug-likeness (QED) is 0.807. The molecule has 0 saturated carbocycles. The zero-order valence-electron chi connectivity index (χ0n) is 10.5. The standard InChI is InChI=1S/C13H14N4.2ClH/c1-16-9-10(11-5-2-3-7-15-11)13-12(16)6-4-8-17(13)14;;/h2-8H,9,14H2,1H3;2*1H. The van der Waals surface area contributed by atoms with Crippen LogP contribution in [0.4, 0.5) is 0 Å². The second kappa shape index (κ2) is 6.10. The van der Waals surface area contributed by atoms with E-state index in [1.165, 1.54) is 5.57 Å². The summed E-state index contributed by atoms with van der Waals surface area (Å²) in [5.41, 5.74) is 4.36. The number of nitrogens with zero attached hydrogens (tertiary/aromatic N) is 3. The summed E-state index contributed by atoms with van der Waals surface area (Å²) in [4.78, 5) is 6.59. The van der Waals surface area contributed by atoms with Crippen molar-refractivity contribution >= 4 is 30.4 Å². The third kappa shape index (κ3) is 2.61. The molecule has 1 aromatic rings. The topological polar surface area (TPSA) is 45.4 Å². The normalized spacial score (nSPS) is 16.6. The molecule has 102 valence electrons. The van der Waals surface area contributed by atoms with Crippen molar-refractivity contribution in [1.82, 2.24) is 14.9 Å². The maximum Gasteiger partial charge on any atom is 0.0873 e. The minimum Gasteiger partial charge on any atom is -0.368 e. The number of halogens is 2. The molecular formula is C13H16Cl2N4. The second-order valence-corrected chi connectivity index (χ2v) is 4.20. The third-order valence-corrected chi connectivity index (χ3v) is 3.07. The maximum atomic E-state index is 6.00. The minimum absolute atomic E-state index is 0. The Morgan fingerprint density at radius 2 is 2.05 bits per heavy atom. The van der Waals surface area contributed by atoms with Crippen LogP contribution in [0.15, 0.2) is 54.1 Å². The van der Waals surface area contributed by atoms with E-state index in [9.17, 15) is 0 Å². The number of hydrazine groups is 1. The lowest BCUT2D eigenvalue weighted by atomic mass is 10.1. The Labute approximate surface area is 125 Å². The molecule has 3 rings (SSSR count). The van der Waals surface area contributed by atoms with Crippen molar-refractivity contribution < 1.29 is 0 Å². The van der Waals surface area contributed by atoms with Gasteiger partial charge in [0.05, 0.1) is 17.1 Å². The van der Waals surface area contributed by atoms with Crippen LogP contribution in [0.5, 0.6) is 0 Å². The Morgan fingerprint density at radius 1 is 1.26 bits per heavy atom. The lowest BCUT2D eigenvalue weighted by molar-refractivity contribution is 0.442. The Bertz CT molecular complexity index is 537. The van der Waals surface area contributed by atoms with Gasteiger partial charge in [-0.15, -0.1) is 24.8 Å². The van der Waals surface area contributed by atoms with Crippen LogP contribution in [-0.4, -0.2) is 28.5 Å². The summed E-state index contributed by atoms with van der Waals surface area (Å²) in [6.45, 7) is 0.841. The molecule has 2 N–H and O–H groups in total. The predicted octanol–water partition coefficient (Wildman–Crippen LogP) is 2.17. The Morgan fingerprint density at radius 3 is 2.74 bits per heavy atom. The molecule has 19 heavy (non-hydrogen) atoms. The van der Waals surface area contributed by atoms with Crippen LogP contribution in [0.3, 0.4) is 0 Å². The number of rotatable bonds is 1. The van der Waals surface area contributed by atoms with E-state index in [4.69, 9.17) is 5.84 Å². The number of aromatic nitrogens is 1. The second-order valence-electron chi connectivity index (χ2n) is 4.20. The lowest BCUT2D eigenvalue weighted by Crippen LogP contribution is -2.28. The van der Waals surface area contributed by atoms with Crippen LogP contribution < -0.4 is 5.84 Å². The van der Waals surface area contributed by atoms with Gasteiger partial charge in [0.1, 0.15) is 0 Å². The first-order chi connectivity index (χ1) is 8.27. The van der Waals surface area contributed by atoms with E-state index in [0.717, 1.165) is 23.6 Å². The third-order valence-electron chi connectivity index (χ3n) is 3.07. The van der Waals surface area contributed by atoms with Crippen LogP contribution in [0.1, 0.15) is 5.69 Å². The summed E-state index contributed by atoms with van der Waals surface area (Å²) >= 11 is 0. The van der Waals surface area contributed by atoms with Gasteiger partial charge in [-0.3, -0.25) is 9.99 Å². The number of hydrogen-bond donors (Lipinski definition) is 1. The Hall–Kier alpha value is -1.49. The smallest absolute Gasteiger partial charge is 0.0873 e. The molecule has 0 aliphatic carbocycles. The van der Waals surface area contributed by atoms with Crippen molar-refractivity contribution in [2.45, 2.75) is 0 Å². The highest BCUT2D eigenvalue weighted by molar-refractivity contribution is 5.85. The van der Waals surface area contributed by atoms with Crippen LogP contribution in [0, 0.1) is 0 Å². The average Bonchev–Trinajstić information content (AvgIpc) is 2.70. The first-order valence-electron chi connectivity index (χ1n) is 5.56. The zero-order chi connectivity index (χ0) is 11.8. The van der Waals surface area contributed by atoms with Gasteiger partial charge in [0.25, 0.3) is 0 Å². The molecular weight excluding hydrogens is 283 g/mol. The molecule has 0 bridgehead atoms. The van der Waals surface area contributed by atoms with E-state index in [-0.39, 0.29) is 24.8 Å². The Balaban J connectivity index is 0.000000902. The van der Waals surface area contributed by atoms with Gasteiger partial charge in [-0.05, 0) is 24.3 Å². The van der Waals surface area contributed by atoms with Gasteiger partial charge in [-0.25, -0.2) is 5.84 Å². The molecule has 1 aromatic heterocycles. The molecule has 2 aliphatic rings. The number of fused-ring (bicyclic) bond motifs is 1. The Kier molecular flexibility index (Phi) is 5.00. The van der Waals surface area contributed by atoms with Crippen molar-refractivity contribution in [3.63, 3.8) is 0 Å². The average molecular weight is 299 g/mol. The van der Waals surface area contributed by atoms with Crippen molar-refractivity contribution in [1.29, 1.82) is 0 Å². The monoisotopic (exact) mass is 298 g/mol. The molecule has 6 heteroatoms. The zero-order valence-corrected chi connectivity index (χ0v) is 12.1. The molecule has 0 aromatic carbocycles. The van der Waals surface area contributed by atoms with E-state index in [1.807, 2.05) is 36.7 Å². The molecule has 0 radical (unpaired) electrons. The SMILES string of the molecule is CN1CC(c2ccccn2)=C2C1=CC=CN2N.Cl.Cl. The fourth-order valence-electron chi connectivity index (χ4n) is 2.27. The highest BCUT2D eigenvalue weighted by Crippen LogP contribution is 2.35. The highest BCUT2D eigenvalue weighted by atomic mass is 35.5. The fourth-order valence-corrected chi connectivity index (χ4v) is 2.27. The van der Waals surface area contributed by atoms with E-state index in [1.54, 1.807) is 5.01 Å². The van der Waals surface area contributed by atoms with Crippen molar-refractivity contribution in [2.75, 3.05) is 13.6 Å². The highest BCUT2D eigenvalue weighted by Gasteiger charge is 2.29. The first-order valence-corrected chi connectivity index (χ1v) is 5.56. The summed E-state index contributed by atoms with van der Waals surface area (Å²) in [5.74, 6) is 6.00. The molecule has 0 spiro atoms. The van der Waals surface area contributed by atoms with E-state index < -0.39 is 0 Å². The number of nitrogens with two attached hydrogens (primary N) is 1. The molecule has 0 atom stereocenters. The van der Waals surface area contributed by atoms with E-state index in [0.29, 0.717) is 0 Å². The molecule has 0 fully saturated rings. The molecule has 0 unspecified atom stereocenters. The van der Waals surface area contributed by atoms with Crippen molar-refractivity contribution in [3.05, 3.63) is 59.8 Å². The largest absolute Gasteiger partial charge is 0.368 e. The number of hydrogen-bond acceptors (Lipinski definition) is 4. The van der Waals surface area contributed by atoms with Gasteiger partial charge in [-0.2, -0.15) is 0 Å². The van der Waals surface area contributed by atoms with Crippen LogP contribution in [-0.2, 0) is 0 Å².